The molecule has 6 heteroatoms. The Bertz CT molecular complexity index is 1120. The van der Waals surface area contributed by atoms with E-state index in [-0.39, 0.29) is 11.6 Å². The molecule has 3 aromatic carbocycles. The van der Waals surface area contributed by atoms with E-state index in [0.717, 1.165) is 21.3 Å². The second-order valence-electron chi connectivity index (χ2n) is 6.27. The lowest BCUT2D eigenvalue weighted by atomic mass is 10.2. The Hall–Kier alpha value is -2.89. The predicted molar refractivity (Wildman–Crippen MR) is 117 cm³/mol. The molecule has 0 aliphatic carbocycles. The fraction of sp³-hybridized carbons (Fsp3) is 0.0435. The standard InChI is InChI=1S/C23H15BrClNO3/c24-19-7-3-1-5-16(19)14-28-17-11-9-15(10-12-17)13-21-23(27)29-22(26-21)18-6-2-4-8-20(18)25/h1-13H,14H2/b21-13-. The molecule has 0 fully saturated rings. The number of hydrogen-bond acceptors (Lipinski definition) is 4. The Morgan fingerprint density at radius 3 is 2.48 bits per heavy atom. The van der Waals surface area contributed by atoms with Crippen molar-refractivity contribution in [3.63, 3.8) is 0 Å². The van der Waals surface area contributed by atoms with E-state index in [4.69, 9.17) is 21.1 Å². The van der Waals surface area contributed by atoms with E-state index >= 15 is 0 Å². The van der Waals surface area contributed by atoms with Crippen LogP contribution in [0.3, 0.4) is 0 Å². The van der Waals surface area contributed by atoms with Gasteiger partial charge in [-0.1, -0.05) is 70.0 Å². The van der Waals surface area contributed by atoms with E-state index in [0.29, 0.717) is 17.2 Å². The van der Waals surface area contributed by atoms with Crippen LogP contribution in [-0.2, 0) is 16.1 Å². The molecule has 1 heterocycles. The van der Waals surface area contributed by atoms with Crippen molar-refractivity contribution in [1.82, 2.24) is 0 Å². The molecule has 0 saturated carbocycles. The molecule has 0 unspecified atom stereocenters. The first-order valence-electron chi connectivity index (χ1n) is 8.84. The van der Waals surface area contributed by atoms with Crippen LogP contribution in [0, 0.1) is 0 Å². The minimum absolute atomic E-state index is 0.209. The largest absolute Gasteiger partial charge is 0.489 e. The van der Waals surface area contributed by atoms with Crippen LogP contribution in [0.5, 0.6) is 5.75 Å². The number of cyclic esters (lactones) is 1. The first kappa shape index (κ1) is 19.4. The van der Waals surface area contributed by atoms with Crippen LogP contribution in [-0.4, -0.2) is 11.9 Å². The Labute approximate surface area is 181 Å². The van der Waals surface area contributed by atoms with Crippen molar-refractivity contribution in [3.05, 3.63) is 105 Å². The molecule has 0 bridgehead atoms. The van der Waals surface area contributed by atoms with Gasteiger partial charge in [-0.3, -0.25) is 0 Å². The Balaban J connectivity index is 1.48. The summed E-state index contributed by atoms with van der Waals surface area (Å²) >= 11 is 9.66. The third-order valence-corrected chi connectivity index (χ3v) is 5.36. The van der Waals surface area contributed by atoms with Gasteiger partial charge in [0.1, 0.15) is 12.4 Å². The van der Waals surface area contributed by atoms with Crippen molar-refractivity contribution in [1.29, 1.82) is 0 Å². The molecule has 3 aromatic rings. The van der Waals surface area contributed by atoms with E-state index in [1.807, 2.05) is 54.6 Å². The molecule has 0 spiro atoms. The van der Waals surface area contributed by atoms with Gasteiger partial charge in [-0.15, -0.1) is 0 Å². The summed E-state index contributed by atoms with van der Waals surface area (Å²) in [7, 11) is 0. The summed E-state index contributed by atoms with van der Waals surface area (Å²) in [5.41, 5.74) is 2.69. The van der Waals surface area contributed by atoms with Gasteiger partial charge in [0, 0.05) is 10.0 Å². The van der Waals surface area contributed by atoms with Crippen molar-refractivity contribution < 1.29 is 14.3 Å². The summed E-state index contributed by atoms with van der Waals surface area (Å²) in [5, 5.41) is 0.479. The highest BCUT2D eigenvalue weighted by atomic mass is 79.9. The number of benzene rings is 3. The normalized spacial score (nSPS) is 14.6. The van der Waals surface area contributed by atoms with E-state index in [1.54, 1.807) is 24.3 Å². The molecule has 0 amide bonds. The van der Waals surface area contributed by atoms with E-state index in [1.165, 1.54) is 0 Å². The lowest BCUT2D eigenvalue weighted by Gasteiger charge is -2.08. The fourth-order valence-corrected chi connectivity index (χ4v) is 3.37. The number of esters is 1. The summed E-state index contributed by atoms with van der Waals surface area (Å²) in [6.07, 6.45) is 1.67. The lowest BCUT2D eigenvalue weighted by molar-refractivity contribution is -0.129. The summed E-state index contributed by atoms with van der Waals surface area (Å²) in [5.74, 6) is 0.437. The number of carbonyl (C=O) groups excluding carboxylic acids is 1. The zero-order valence-corrected chi connectivity index (χ0v) is 17.5. The van der Waals surface area contributed by atoms with Gasteiger partial charge in [0.05, 0.1) is 10.6 Å². The summed E-state index contributed by atoms with van der Waals surface area (Å²) < 4.78 is 12.1. The minimum atomic E-state index is -0.505. The maximum Gasteiger partial charge on any atom is 0.363 e. The van der Waals surface area contributed by atoms with Crippen molar-refractivity contribution in [3.8, 4) is 5.75 Å². The van der Waals surface area contributed by atoms with Crippen LogP contribution < -0.4 is 4.74 Å². The van der Waals surface area contributed by atoms with Gasteiger partial charge in [-0.05, 0) is 42.0 Å². The van der Waals surface area contributed by atoms with Crippen molar-refractivity contribution in [2.24, 2.45) is 4.99 Å². The molecule has 1 aliphatic rings. The van der Waals surface area contributed by atoms with Crippen molar-refractivity contribution in [2.75, 3.05) is 0 Å². The molecular weight excluding hydrogens is 454 g/mol. The summed E-state index contributed by atoms with van der Waals surface area (Å²) in [6.45, 7) is 0.458. The quantitative estimate of drug-likeness (QED) is 0.339. The van der Waals surface area contributed by atoms with Crippen LogP contribution in [0.25, 0.3) is 6.08 Å². The van der Waals surface area contributed by atoms with E-state index in [9.17, 15) is 4.79 Å². The van der Waals surface area contributed by atoms with Crippen LogP contribution >= 0.6 is 27.5 Å². The third-order valence-electron chi connectivity index (χ3n) is 4.26. The number of halogens is 2. The molecule has 4 rings (SSSR count). The van der Waals surface area contributed by atoms with Crippen LogP contribution in [0.2, 0.25) is 5.02 Å². The summed E-state index contributed by atoms with van der Waals surface area (Å²) in [6, 6.07) is 22.4. The van der Waals surface area contributed by atoms with E-state index < -0.39 is 5.97 Å². The molecule has 0 aromatic heterocycles. The van der Waals surface area contributed by atoms with Crippen molar-refractivity contribution >= 4 is 45.5 Å². The van der Waals surface area contributed by atoms with Gasteiger partial charge in [-0.25, -0.2) is 9.79 Å². The zero-order chi connectivity index (χ0) is 20.2. The van der Waals surface area contributed by atoms with Gasteiger partial charge < -0.3 is 9.47 Å². The second kappa shape index (κ2) is 8.64. The predicted octanol–water partition coefficient (Wildman–Crippen LogP) is 6.03. The van der Waals surface area contributed by atoms with Gasteiger partial charge >= 0.3 is 5.97 Å². The molecule has 0 atom stereocenters. The molecule has 0 saturated heterocycles. The second-order valence-corrected chi connectivity index (χ2v) is 7.53. The SMILES string of the molecule is O=C1OC(c2ccccc2Cl)=N/C1=C\c1ccc(OCc2ccccc2Br)cc1. The van der Waals surface area contributed by atoms with Crippen LogP contribution in [0.15, 0.2) is 88.0 Å². The zero-order valence-electron chi connectivity index (χ0n) is 15.1. The maximum atomic E-state index is 12.2. The first-order valence-corrected chi connectivity index (χ1v) is 10.0. The molecule has 4 nitrogen and oxygen atoms in total. The Kier molecular flexibility index (Phi) is 5.79. The monoisotopic (exact) mass is 467 g/mol. The van der Waals surface area contributed by atoms with E-state index in [2.05, 4.69) is 20.9 Å². The van der Waals surface area contributed by atoms with Crippen LogP contribution in [0.4, 0.5) is 0 Å². The summed E-state index contributed by atoms with van der Waals surface area (Å²) in [4.78, 5) is 16.4. The first-order chi connectivity index (χ1) is 14.1. The average molecular weight is 469 g/mol. The number of aliphatic imine (C=N–C) groups is 1. The number of ether oxygens (including phenoxy) is 2. The maximum absolute atomic E-state index is 12.2. The molecule has 0 radical (unpaired) electrons. The molecule has 0 N–H and O–H groups in total. The lowest BCUT2D eigenvalue weighted by Crippen LogP contribution is -2.05. The fourth-order valence-electron chi connectivity index (χ4n) is 2.75. The third kappa shape index (κ3) is 4.58. The van der Waals surface area contributed by atoms with Gasteiger partial charge in [0.25, 0.3) is 0 Å². The number of hydrogen-bond donors (Lipinski definition) is 0. The molecular formula is C23H15BrClNO3. The highest BCUT2D eigenvalue weighted by Gasteiger charge is 2.25. The van der Waals surface area contributed by atoms with Crippen molar-refractivity contribution in [2.45, 2.75) is 6.61 Å². The smallest absolute Gasteiger partial charge is 0.363 e. The van der Waals surface area contributed by atoms with Crippen LogP contribution in [0.1, 0.15) is 16.7 Å². The van der Waals surface area contributed by atoms with Gasteiger partial charge in [-0.2, -0.15) is 0 Å². The Morgan fingerprint density at radius 2 is 1.72 bits per heavy atom. The minimum Gasteiger partial charge on any atom is -0.489 e. The van der Waals surface area contributed by atoms with Gasteiger partial charge in [0.2, 0.25) is 5.90 Å². The number of carbonyl (C=O) groups is 1. The Morgan fingerprint density at radius 1 is 1.00 bits per heavy atom. The molecule has 1 aliphatic heterocycles. The molecule has 144 valence electrons. The van der Waals surface area contributed by atoms with Gasteiger partial charge in [0.15, 0.2) is 5.70 Å². The average Bonchev–Trinajstić information content (AvgIpc) is 3.09. The molecule has 29 heavy (non-hydrogen) atoms. The topological polar surface area (TPSA) is 47.9 Å². The highest BCUT2D eigenvalue weighted by molar-refractivity contribution is 9.10. The number of nitrogens with zero attached hydrogens (tertiary/aromatic N) is 1. The number of rotatable bonds is 5. The highest BCUT2D eigenvalue weighted by Crippen LogP contribution is 2.24.